The van der Waals surface area contributed by atoms with Crippen molar-refractivity contribution in [2.75, 3.05) is 7.05 Å². The Bertz CT molecular complexity index is 705. The Morgan fingerprint density at radius 3 is 2.04 bits per heavy atom. The summed E-state index contributed by atoms with van der Waals surface area (Å²) in [6.45, 7) is 20.3. The second-order valence-electron chi connectivity index (χ2n) is 8.00. The smallest absolute Gasteiger partial charge is 0.0514 e. The molecule has 0 amide bonds. The third-order valence-electron chi connectivity index (χ3n) is 5.72. The van der Waals surface area contributed by atoms with Crippen LogP contribution in [-0.2, 0) is 0 Å². The predicted octanol–water partition coefficient (Wildman–Crippen LogP) is 5.95. The van der Waals surface area contributed by atoms with Gasteiger partial charge in [-0.25, -0.2) is 0 Å². The first-order chi connectivity index (χ1) is 11.1. The second-order valence-corrected chi connectivity index (χ2v) is 8.00. The van der Waals surface area contributed by atoms with Gasteiger partial charge in [-0.15, -0.1) is 0 Å². The van der Waals surface area contributed by atoms with Crippen LogP contribution in [0, 0.1) is 19.8 Å². The molecule has 2 heteroatoms. The van der Waals surface area contributed by atoms with Crippen molar-refractivity contribution in [3.8, 4) is 0 Å². The Labute approximate surface area is 148 Å². The molecule has 2 nitrogen and oxygen atoms in total. The zero-order valence-corrected chi connectivity index (χ0v) is 17.2. The maximum Gasteiger partial charge on any atom is 0.0514 e. The fourth-order valence-electron chi connectivity index (χ4n) is 3.65. The van der Waals surface area contributed by atoms with E-state index in [9.17, 15) is 0 Å². The van der Waals surface area contributed by atoms with Gasteiger partial charge in [-0.2, -0.15) is 0 Å². The molecule has 0 radical (unpaired) electrons. The molecule has 0 aromatic carbocycles. The minimum atomic E-state index is 0.405. The van der Waals surface area contributed by atoms with E-state index in [-0.39, 0.29) is 0 Å². The van der Waals surface area contributed by atoms with Gasteiger partial charge in [0, 0.05) is 30.5 Å². The number of aryl methyl sites for hydroxylation is 1. The first-order valence-corrected chi connectivity index (χ1v) is 9.20. The molecule has 132 valence electrons. The van der Waals surface area contributed by atoms with E-state index in [0.717, 1.165) is 5.69 Å². The van der Waals surface area contributed by atoms with Gasteiger partial charge >= 0.3 is 0 Å². The Morgan fingerprint density at radius 2 is 1.54 bits per heavy atom. The molecule has 0 fully saturated rings. The first kappa shape index (κ1) is 18.8. The Hall–Kier alpha value is -1.57. The normalized spacial score (nSPS) is 23.9. The number of aromatic nitrogens is 1. The van der Waals surface area contributed by atoms with E-state index >= 15 is 0 Å². The van der Waals surface area contributed by atoms with Gasteiger partial charge in [0.05, 0.1) is 5.69 Å². The summed E-state index contributed by atoms with van der Waals surface area (Å²) >= 11 is 0. The number of pyridine rings is 1. The SMILES string of the molecule is C/C1=C(\C)[C@H](C)N(C)/C=C(/C(C)C)c2c(C(C)C)nc(C)c(C)c21. The Kier molecular flexibility index (Phi) is 5.27. The molecule has 1 aliphatic rings. The highest BCUT2D eigenvalue weighted by Gasteiger charge is 2.27. The predicted molar refractivity (Wildman–Crippen MR) is 106 cm³/mol. The van der Waals surface area contributed by atoms with Gasteiger partial charge in [0.2, 0.25) is 0 Å². The molecule has 24 heavy (non-hydrogen) atoms. The average Bonchev–Trinajstić information content (AvgIpc) is 2.51. The summed E-state index contributed by atoms with van der Waals surface area (Å²) in [6.07, 6.45) is 2.35. The highest BCUT2D eigenvalue weighted by Crippen LogP contribution is 2.41. The number of allylic oxidation sites excluding steroid dienone is 2. The summed E-state index contributed by atoms with van der Waals surface area (Å²) < 4.78 is 0. The van der Waals surface area contributed by atoms with Crippen LogP contribution in [0.5, 0.6) is 0 Å². The second kappa shape index (κ2) is 6.74. The van der Waals surface area contributed by atoms with Crippen LogP contribution >= 0.6 is 0 Å². The van der Waals surface area contributed by atoms with Gasteiger partial charge in [-0.3, -0.25) is 4.98 Å². The number of hydrogen-bond acceptors (Lipinski definition) is 2. The molecule has 1 aromatic rings. The van der Waals surface area contributed by atoms with E-state index in [1.54, 1.807) is 0 Å². The van der Waals surface area contributed by atoms with Crippen LogP contribution in [0.3, 0.4) is 0 Å². The lowest BCUT2D eigenvalue weighted by molar-refractivity contribution is 0.391. The first-order valence-electron chi connectivity index (χ1n) is 9.20. The molecule has 2 heterocycles. The van der Waals surface area contributed by atoms with Crippen LogP contribution in [0.1, 0.15) is 82.5 Å². The van der Waals surface area contributed by atoms with Crippen LogP contribution < -0.4 is 0 Å². The van der Waals surface area contributed by atoms with Crippen molar-refractivity contribution < 1.29 is 0 Å². The van der Waals surface area contributed by atoms with Crippen LogP contribution in [0.2, 0.25) is 0 Å². The molecule has 0 unspecified atom stereocenters. The minimum absolute atomic E-state index is 0.405. The molecule has 0 aliphatic carbocycles. The van der Waals surface area contributed by atoms with E-state index in [4.69, 9.17) is 4.98 Å². The summed E-state index contributed by atoms with van der Waals surface area (Å²) in [5, 5.41) is 0. The van der Waals surface area contributed by atoms with Gasteiger partial charge in [0.25, 0.3) is 0 Å². The van der Waals surface area contributed by atoms with E-state index in [0.29, 0.717) is 17.9 Å². The van der Waals surface area contributed by atoms with E-state index in [1.807, 2.05) is 0 Å². The molecule has 1 atom stereocenters. The lowest BCUT2D eigenvalue weighted by Crippen LogP contribution is -2.28. The molecule has 0 saturated carbocycles. The molecule has 0 spiro atoms. The number of likely N-dealkylation sites (N-methyl/N-ethyl adjacent to an activating group) is 1. The lowest BCUT2D eigenvalue weighted by Gasteiger charge is -2.33. The van der Waals surface area contributed by atoms with Gasteiger partial charge in [0.15, 0.2) is 0 Å². The highest BCUT2D eigenvalue weighted by atomic mass is 15.1. The van der Waals surface area contributed by atoms with Crippen molar-refractivity contribution in [3.05, 3.63) is 39.9 Å². The molecule has 0 bridgehead atoms. The number of hydrogen-bond donors (Lipinski definition) is 0. The van der Waals surface area contributed by atoms with Crippen LogP contribution in [-0.4, -0.2) is 23.0 Å². The molecular formula is C22H34N2. The van der Waals surface area contributed by atoms with Crippen molar-refractivity contribution in [1.29, 1.82) is 0 Å². The minimum Gasteiger partial charge on any atom is -0.374 e. The molecule has 2 rings (SSSR count). The van der Waals surface area contributed by atoms with Gasteiger partial charge in [-0.05, 0) is 74.3 Å². The monoisotopic (exact) mass is 326 g/mol. The van der Waals surface area contributed by atoms with Crippen molar-refractivity contribution >= 4 is 11.1 Å². The van der Waals surface area contributed by atoms with Crippen molar-refractivity contribution in [3.63, 3.8) is 0 Å². The van der Waals surface area contributed by atoms with Gasteiger partial charge in [0.1, 0.15) is 0 Å². The topological polar surface area (TPSA) is 16.1 Å². The van der Waals surface area contributed by atoms with E-state index in [2.05, 4.69) is 80.5 Å². The van der Waals surface area contributed by atoms with E-state index < -0.39 is 0 Å². The van der Waals surface area contributed by atoms with Gasteiger partial charge < -0.3 is 4.90 Å². The Morgan fingerprint density at radius 1 is 0.958 bits per heavy atom. The fraction of sp³-hybridized carbons (Fsp3) is 0.591. The average molecular weight is 327 g/mol. The van der Waals surface area contributed by atoms with Gasteiger partial charge in [-0.1, -0.05) is 27.7 Å². The highest BCUT2D eigenvalue weighted by molar-refractivity contribution is 5.85. The summed E-state index contributed by atoms with van der Waals surface area (Å²) in [5.41, 5.74) is 10.8. The van der Waals surface area contributed by atoms with Crippen LogP contribution in [0.4, 0.5) is 0 Å². The van der Waals surface area contributed by atoms with Crippen molar-refractivity contribution in [2.24, 2.45) is 5.92 Å². The summed E-state index contributed by atoms with van der Waals surface area (Å²) in [5.74, 6) is 0.876. The number of rotatable bonds is 2. The third kappa shape index (κ3) is 3.03. The van der Waals surface area contributed by atoms with Crippen molar-refractivity contribution in [2.45, 2.75) is 74.3 Å². The summed E-state index contributed by atoms with van der Waals surface area (Å²) in [6, 6.07) is 0.405. The quantitative estimate of drug-likeness (QED) is 0.668. The van der Waals surface area contributed by atoms with E-state index in [1.165, 1.54) is 39.1 Å². The Balaban J connectivity index is 3.02. The fourth-order valence-corrected chi connectivity index (χ4v) is 3.65. The molecular weight excluding hydrogens is 292 g/mol. The van der Waals surface area contributed by atoms with Crippen molar-refractivity contribution in [1.82, 2.24) is 9.88 Å². The molecule has 1 aromatic heterocycles. The number of nitrogens with zero attached hydrogens (tertiary/aromatic N) is 2. The molecule has 0 saturated heterocycles. The summed E-state index contributed by atoms with van der Waals surface area (Å²) in [4.78, 5) is 7.37. The third-order valence-corrected chi connectivity index (χ3v) is 5.72. The largest absolute Gasteiger partial charge is 0.374 e. The lowest BCUT2D eigenvalue weighted by atomic mass is 9.80. The maximum atomic E-state index is 5.01. The zero-order chi connectivity index (χ0) is 18.3. The maximum absolute atomic E-state index is 5.01. The molecule has 1 aliphatic heterocycles. The number of fused-ring (bicyclic) bond motifs is 1. The standard InChI is InChI=1S/C22H34N2/c1-12(2)19-11-24(10)18(9)14(5)15(6)20-16(7)17(8)23-22(13(3)4)21(19)20/h11-13,18H,1-10H3/b15-14-,19-11-/t18-/m0/s1. The summed E-state index contributed by atoms with van der Waals surface area (Å²) in [7, 11) is 2.19. The zero-order valence-electron chi connectivity index (χ0n) is 17.2. The van der Waals surface area contributed by atoms with Crippen LogP contribution in [0.15, 0.2) is 11.8 Å². The molecule has 0 N–H and O–H groups in total. The van der Waals surface area contributed by atoms with Crippen LogP contribution in [0.25, 0.3) is 11.1 Å².